The van der Waals surface area contributed by atoms with E-state index in [4.69, 9.17) is 0 Å². The van der Waals surface area contributed by atoms with Gasteiger partial charge in [-0.3, -0.25) is 9.78 Å². The SMILES string of the molecule is CC(c1ccncc1)N(C)C(=O)C1CCN(S(=O)(=O)c2cccc(C(F)(F)F)c2)CC1. The van der Waals surface area contributed by atoms with Crippen molar-refractivity contribution in [3.05, 3.63) is 59.9 Å². The molecule has 1 amide bonds. The predicted octanol–water partition coefficient (Wildman–Crippen LogP) is 3.72. The molecule has 3 rings (SSSR count). The topological polar surface area (TPSA) is 70.6 Å². The maximum absolute atomic E-state index is 12.9. The molecule has 6 nitrogen and oxygen atoms in total. The number of hydrogen-bond donors (Lipinski definition) is 0. The van der Waals surface area contributed by atoms with Gasteiger partial charge in [-0.15, -0.1) is 0 Å². The van der Waals surface area contributed by atoms with Crippen LogP contribution >= 0.6 is 0 Å². The molecule has 0 N–H and O–H groups in total. The van der Waals surface area contributed by atoms with Crippen molar-refractivity contribution in [1.29, 1.82) is 0 Å². The first kappa shape index (κ1) is 23.2. The lowest BCUT2D eigenvalue weighted by Crippen LogP contribution is -2.44. The average Bonchev–Trinajstić information content (AvgIpc) is 2.77. The molecular formula is C21H24F3N3O3S. The fourth-order valence-corrected chi connectivity index (χ4v) is 5.19. The van der Waals surface area contributed by atoms with Crippen LogP contribution in [0.1, 0.15) is 36.9 Å². The van der Waals surface area contributed by atoms with Gasteiger partial charge in [0.1, 0.15) is 0 Å². The van der Waals surface area contributed by atoms with Gasteiger partial charge in [0, 0.05) is 38.4 Å². The molecule has 10 heteroatoms. The van der Waals surface area contributed by atoms with Crippen molar-refractivity contribution >= 4 is 15.9 Å². The van der Waals surface area contributed by atoms with Crippen LogP contribution in [0, 0.1) is 5.92 Å². The summed E-state index contributed by atoms with van der Waals surface area (Å²) in [6, 6.07) is 7.23. The van der Waals surface area contributed by atoms with E-state index in [-0.39, 0.29) is 31.0 Å². The lowest BCUT2D eigenvalue weighted by molar-refractivity contribution is -0.138. The zero-order valence-electron chi connectivity index (χ0n) is 17.2. The maximum Gasteiger partial charge on any atom is 0.416 e. The number of carbonyl (C=O) groups is 1. The molecule has 1 aromatic heterocycles. The number of benzene rings is 1. The fourth-order valence-electron chi connectivity index (χ4n) is 3.67. The second kappa shape index (κ2) is 8.96. The van der Waals surface area contributed by atoms with E-state index in [1.165, 1.54) is 0 Å². The molecule has 1 atom stereocenters. The van der Waals surface area contributed by atoms with Gasteiger partial charge in [-0.25, -0.2) is 8.42 Å². The zero-order valence-corrected chi connectivity index (χ0v) is 18.0. The molecule has 0 radical (unpaired) electrons. The quantitative estimate of drug-likeness (QED) is 0.689. The van der Waals surface area contributed by atoms with Gasteiger partial charge in [0.15, 0.2) is 0 Å². The molecule has 1 aromatic carbocycles. The van der Waals surface area contributed by atoms with E-state index in [1.807, 2.05) is 19.1 Å². The molecule has 1 aliphatic heterocycles. The van der Waals surface area contributed by atoms with Crippen molar-refractivity contribution in [3.63, 3.8) is 0 Å². The Morgan fingerprint density at radius 1 is 1.16 bits per heavy atom. The summed E-state index contributed by atoms with van der Waals surface area (Å²) in [6.45, 7) is 2.05. The number of rotatable bonds is 5. The molecule has 31 heavy (non-hydrogen) atoms. The highest BCUT2D eigenvalue weighted by atomic mass is 32.2. The van der Waals surface area contributed by atoms with Crippen LogP contribution in [-0.2, 0) is 21.0 Å². The van der Waals surface area contributed by atoms with Crippen LogP contribution in [0.3, 0.4) is 0 Å². The summed E-state index contributed by atoms with van der Waals surface area (Å²) in [4.78, 5) is 18.1. The number of carbonyl (C=O) groups excluding carboxylic acids is 1. The highest BCUT2D eigenvalue weighted by Crippen LogP contribution is 2.32. The first-order chi connectivity index (χ1) is 14.5. The Hall–Kier alpha value is -2.46. The average molecular weight is 456 g/mol. The molecule has 0 aliphatic carbocycles. The number of nitrogens with zero attached hydrogens (tertiary/aromatic N) is 3. The number of piperidine rings is 1. The maximum atomic E-state index is 12.9. The number of amides is 1. The van der Waals surface area contributed by atoms with Gasteiger partial charge < -0.3 is 4.90 Å². The Labute approximate surface area is 179 Å². The van der Waals surface area contributed by atoms with Gasteiger partial charge in [0.05, 0.1) is 16.5 Å². The minimum Gasteiger partial charge on any atom is -0.339 e. The number of aromatic nitrogens is 1. The number of halogens is 3. The summed E-state index contributed by atoms with van der Waals surface area (Å²) in [5.41, 5.74) is -0.0687. The van der Waals surface area contributed by atoms with Crippen LogP contribution in [0.2, 0.25) is 0 Å². The van der Waals surface area contributed by atoms with E-state index in [0.29, 0.717) is 18.9 Å². The van der Waals surface area contributed by atoms with Crippen molar-refractivity contribution in [2.24, 2.45) is 5.92 Å². The smallest absolute Gasteiger partial charge is 0.339 e. The number of pyridine rings is 1. The van der Waals surface area contributed by atoms with E-state index >= 15 is 0 Å². The van der Waals surface area contributed by atoms with Gasteiger partial charge in [-0.05, 0) is 55.7 Å². The van der Waals surface area contributed by atoms with Crippen LogP contribution in [0.25, 0.3) is 0 Å². The first-order valence-electron chi connectivity index (χ1n) is 9.86. The number of alkyl halides is 3. The predicted molar refractivity (Wildman–Crippen MR) is 108 cm³/mol. The lowest BCUT2D eigenvalue weighted by Gasteiger charge is -2.34. The molecule has 1 fully saturated rings. The van der Waals surface area contributed by atoms with E-state index < -0.39 is 26.7 Å². The van der Waals surface area contributed by atoms with Gasteiger partial charge >= 0.3 is 6.18 Å². The molecule has 0 spiro atoms. The second-order valence-electron chi connectivity index (χ2n) is 7.61. The van der Waals surface area contributed by atoms with Crippen molar-refractivity contribution in [2.45, 2.75) is 36.9 Å². The molecular weight excluding hydrogens is 431 g/mol. The number of sulfonamides is 1. The first-order valence-corrected chi connectivity index (χ1v) is 11.3. The number of hydrogen-bond acceptors (Lipinski definition) is 4. The van der Waals surface area contributed by atoms with Gasteiger partial charge in [-0.1, -0.05) is 6.07 Å². The Morgan fingerprint density at radius 2 is 1.77 bits per heavy atom. The molecule has 1 saturated heterocycles. The van der Waals surface area contributed by atoms with E-state index in [1.54, 1.807) is 24.3 Å². The highest BCUT2D eigenvalue weighted by Gasteiger charge is 2.36. The van der Waals surface area contributed by atoms with Gasteiger partial charge in [0.2, 0.25) is 15.9 Å². The minimum absolute atomic E-state index is 0.0759. The summed E-state index contributed by atoms with van der Waals surface area (Å²) in [5, 5.41) is 0. The van der Waals surface area contributed by atoms with Crippen molar-refractivity contribution in [3.8, 4) is 0 Å². The Morgan fingerprint density at radius 3 is 2.35 bits per heavy atom. The monoisotopic (exact) mass is 455 g/mol. The van der Waals surface area contributed by atoms with Gasteiger partial charge in [0.25, 0.3) is 0 Å². The Balaban J connectivity index is 1.67. The van der Waals surface area contributed by atoms with Crippen LogP contribution in [0.15, 0.2) is 53.7 Å². The standard InChI is InChI=1S/C21H24F3N3O3S/c1-15(16-6-10-25-11-7-16)26(2)20(28)17-8-12-27(13-9-17)31(29,30)19-5-3-4-18(14-19)21(22,23)24/h3-7,10-11,14-15,17H,8-9,12-13H2,1-2H3. The Bertz CT molecular complexity index is 1020. The van der Waals surface area contributed by atoms with E-state index in [9.17, 15) is 26.4 Å². The largest absolute Gasteiger partial charge is 0.416 e. The van der Waals surface area contributed by atoms with Crippen LogP contribution in [0.5, 0.6) is 0 Å². The highest BCUT2D eigenvalue weighted by molar-refractivity contribution is 7.89. The summed E-state index contributed by atoms with van der Waals surface area (Å²) in [5.74, 6) is -0.428. The minimum atomic E-state index is -4.62. The Kier molecular flexibility index (Phi) is 6.70. The van der Waals surface area contributed by atoms with Crippen LogP contribution in [0.4, 0.5) is 13.2 Å². The third-order valence-electron chi connectivity index (χ3n) is 5.72. The summed E-state index contributed by atoms with van der Waals surface area (Å²) in [6.07, 6.45) is -0.696. The van der Waals surface area contributed by atoms with Gasteiger partial charge in [-0.2, -0.15) is 17.5 Å². The molecule has 1 aliphatic rings. The van der Waals surface area contributed by atoms with E-state index in [2.05, 4.69) is 4.98 Å². The van der Waals surface area contributed by atoms with Crippen molar-refractivity contribution < 1.29 is 26.4 Å². The molecule has 0 saturated carbocycles. The summed E-state index contributed by atoms with van der Waals surface area (Å²) in [7, 11) is -2.36. The second-order valence-corrected chi connectivity index (χ2v) is 9.55. The van der Waals surface area contributed by atoms with E-state index in [0.717, 1.165) is 28.1 Å². The lowest BCUT2D eigenvalue weighted by atomic mass is 9.95. The summed E-state index contributed by atoms with van der Waals surface area (Å²) < 4.78 is 65.6. The normalized spacial score (nSPS) is 17.3. The summed E-state index contributed by atoms with van der Waals surface area (Å²) >= 11 is 0. The third-order valence-corrected chi connectivity index (χ3v) is 7.61. The van der Waals surface area contributed by atoms with Crippen LogP contribution in [-0.4, -0.2) is 48.7 Å². The van der Waals surface area contributed by atoms with Crippen molar-refractivity contribution in [1.82, 2.24) is 14.2 Å². The molecule has 2 aromatic rings. The molecule has 1 unspecified atom stereocenters. The zero-order chi connectivity index (χ0) is 22.8. The molecule has 168 valence electrons. The third kappa shape index (κ3) is 5.07. The van der Waals surface area contributed by atoms with Crippen LogP contribution < -0.4 is 0 Å². The molecule has 2 heterocycles. The van der Waals surface area contributed by atoms with Crippen molar-refractivity contribution in [2.75, 3.05) is 20.1 Å². The molecule has 0 bridgehead atoms. The fraction of sp³-hybridized carbons (Fsp3) is 0.429.